The molecule has 4 rings (SSSR count). The predicted molar refractivity (Wildman–Crippen MR) is 111 cm³/mol. The first-order chi connectivity index (χ1) is 14.7. The van der Waals surface area contributed by atoms with E-state index in [0.29, 0.717) is 49.8 Å². The van der Waals surface area contributed by atoms with E-state index in [2.05, 4.69) is 5.32 Å². The summed E-state index contributed by atoms with van der Waals surface area (Å²) in [6.07, 6.45) is 0.938. The molecule has 3 heterocycles. The van der Waals surface area contributed by atoms with E-state index in [4.69, 9.17) is 0 Å². The van der Waals surface area contributed by atoms with Crippen molar-refractivity contribution in [1.82, 2.24) is 15.1 Å². The summed E-state index contributed by atoms with van der Waals surface area (Å²) in [4.78, 5) is 54.3. The van der Waals surface area contributed by atoms with Gasteiger partial charge >= 0.3 is 0 Å². The molecule has 1 unspecified atom stereocenters. The number of rotatable bonds is 4. The van der Waals surface area contributed by atoms with Crippen LogP contribution in [-0.2, 0) is 20.9 Å². The first-order valence-corrected chi connectivity index (χ1v) is 10.7. The SMILES string of the molecule is CC(C)CC(=O)N1CCN(c2cc(F)cc3c2CN(C2CCC(=O)NC2=O)C3=O)CC1. The summed E-state index contributed by atoms with van der Waals surface area (Å²) in [7, 11) is 0. The van der Waals surface area contributed by atoms with E-state index >= 15 is 0 Å². The Bertz CT molecular complexity index is 940. The molecule has 0 saturated carbocycles. The van der Waals surface area contributed by atoms with Crippen LogP contribution in [0.5, 0.6) is 0 Å². The zero-order valence-electron chi connectivity index (χ0n) is 17.8. The van der Waals surface area contributed by atoms with Crippen molar-refractivity contribution in [1.29, 1.82) is 0 Å². The molecule has 31 heavy (non-hydrogen) atoms. The van der Waals surface area contributed by atoms with Gasteiger partial charge in [0, 0.05) is 62.4 Å². The van der Waals surface area contributed by atoms with Crippen LogP contribution in [0.1, 0.15) is 49.0 Å². The molecule has 3 aliphatic heterocycles. The first kappa shape index (κ1) is 21.3. The number of piperazine rings is 1. The number of hydrogen-bond acceptors (Lipinski definition) is 5. The summed E-state index contributed by atoms with van der Waals surface area (Å²) in [5.41, 5.74) is 1.59. The van der Waals surface area contributed by atoms with Gasteiger partial charge in [0.1, 0.15) is 11.9 Å². The number of benzene rings is 1. The van der Waals surface area contributed by atoms with E-state index in [1.165, 1.54) is 17.0 Å². The van der Waals surface area contributed by atoms with Gasteiger partial charge in [0.2, 0.25) is 17.7 Å². The third-order valence-corrected chi connectivity index (χ3v) is 6.15. The van der Waals surface area contributed by atoms with Crippen molar-refractivity contribution < 1.29 is 23.6 Å². The molecule has 0 radical (unpaired) electrons. The van der Waals surface area contributed by atoms with Crippen molar-refractivity contribution in [3.63, 3.8) is 0 Å². The minimum absolute atomic E-state index is 0.123. The highest BCUT2D eigenvalue weighted by atomic mass is 19.1. The van der Waals surface area contributed by atoms with E-state index in [1.54, 1.807) is 0 Å². The molecule has 0 aromatic heterocycles. The molecular weight excluding hydrogens is 403 g/mol. The van der Waals surface area contributed by atoms with Crippen LogP contribution in [-0.4, -0.2) is 65.6 Å². The molecule has 1 atom stereocenters. The number of imide groups is 1. The highest BCUT2D eigenvalue weighted by Crippen LogP contribution is 2.35. The van der Waals surface area contributed by atoms with Crippen LogP contribution in [0.15, 0.2) is 12.1 Å². The lowest BCUT2D eigenvalue weighted by Gasteiger charge is -2.37. The number of fused-ring (bicyclic) bond motifs is 1. The number of carbonyl (C=O) groups is 4. The van der Waals surface area contributed by atoms with Crippen molar-refractivity contribution in [2.24, 2.45) is 5.92 Å². The fourth-order valence-corrected chi connectivity index (χ4v) is 4.56. The van der Waals surface area contributed by atoms with Crippen molar-refractivity contribution in [2.45, 2.75) is 45.7 Å². The van der Waals surface area contributed by atoms with Gasteiger partial charge in [-0.2, -0.15) is 0 Å². The summed E-state index contributed by atoms with van der Waals surface area (Å²) in [6.45, 7) is 6.40. The zero-order chi connectivity index (χ0) is 22.3. The monoisotopic (exact) mass is 430 g/mol. The minimum atomic E-state index is -0.737. The van der Waals surface area contributed by atoms with Gasteiger partial charge in [-0.1, -0.05) is 13.8 Å². The van der Waals surface area contributed by atoms with Gasteiger partial charge in [0.25, 0.3) is 5.91 Å². The van der Waals surface area contributed by atoms with Crippen molar-refractivity contribution in [3.8, 4) is 0 Å². The molecule has 0 aliphatic carbocycles. The van der Waals surface area contributed by atoms with Gasteiger partial charge in [-0.25, -0.2) is 4.39 Å². The van der Waals surface area contributed by atoms with Crippen LogP contribution in [0, 0.1) is 11.7 Å². The Labute approximate surface area is 180 Å². The van der Waals surface area contributed by atoms with Crippen LogP contribution in [0.3, 0.4) is 0 Å². The minimum Gasteiger partial charge on any atom is -0.368 e. The predicted octanol–water partition coefficient (Wildman–Crippen LogP) is 1.28. The second-order valence-electron chi connectivity index (χ2n) is 8.82. The molecule has 4 amide bonds. The van der Waals surface area contributed by atoms with Gasteiger partial charge in [-0.15, -0.1) is 0 Å². The average molecular weight is 430 g/mol. The Balaban J connectivity index is 1.52. The quantitative estimate of drug-likeness (QED) is 0.727. The van der Waals surface area contributed by atoms with E-state index in [1.807, 2.05) is 23.6 Å². The number of carbonyl (C=O) groups excluding carboxylic acids is 4. The van der Waals surface area contributed by atoms with Gasteiger partial charge in [-0.3, -0.25) is 24.5 Å². The van der Waals surface area contributed by atoms with Gasteiger partial charge in [0.15, 0.2) is 0 Å². The summed E-state index contributed by atoms with van der Waals surface area (Å²) in [5.74, 6) is -1.32. The number of nitrogens with zero attached hydrogens (tertiary/aromatic N) is 3. The zero-order valence-corrected chi connectivity index (χ0v) is 17.8. The highest BCUT2D eigenvalue weighted by Gasteiger charge is 2.41. The van der Waals surface area contributed by atoms with Crippen molar-refractivity contribution in [3.05, 3.63) is 29.1 Å². The fourth-order valence-electron chi connectivity index (χ4n) is 4.56. The van der Waals surface area contributed by atoms with E-state index in [9.17, 15) is 23.6 Å². The molecule has 1 N–H and O–H groups in total. The molecule has 9 heteroatoms. The molecule has 2 saturated heterocycles. The largest absolute Gasteiger partial charge is 0.368 e. The van der Waals surface area contributed by atoms with Crippen LogP contribution >= 0.6 is 0 Å². The molecule has 0 bridgehead atoms. The lowest BCUT2D eigenvalue weighted by Crippen LogP contribution is -2.52. The topological polar surface area (TPSA) is 90.0 Å². The van der Waals surface area contributed by atoms with Crippen LogP contribution in [0.2, 0.25) is 0 Å². The lowest BCUT2D eigenvalue weighted by molar-refractivity contribution is -0.137. The Morgan fingerprint density at radius 3 is 2.52 bits per heavy atom. The van der Waals surface area contributed by atoms with Crippen molar-refractivity contribution >= 4 is 29.3 Å². The second-order valence-corrected chi connectivity index (χ2v) is 8.82. The molecular formula is C22H27FN4O4. The molecule has 0 spiro atoms. The Hall–Kier alpha value is -2.97. The average Bonchev–Trinajstić information content (AvgIpc) is 3.03. The molecule has 1 aromatic rings. The van der Waals surface area contributed by atoms with Gasteiger partial charge in [0.05, 0.1) is 0 Å². The molecule has 166 valence electrons. The Morgan fingerprint density at radius 1 is 1.16 bits per heavy atom. The number of nitrogens with one attached hydrogen (secondary N) is 1. The van der Waals surface area contributed by atoms with Crippen molar-refractivity contribution in [2.75, 3.05) is 31.1 Å². The summed E-state index contributed by atoms with van der Waals surface area (Å²) in [5, 5.41) is 2.28. The van der Waals surface area contributed by atoms with E-state index < -0.39 is 23.7 Å². The summed E-state index contributed by atoms with van der Waals surface area (Å²) in [6, 6.07) is 1.90. The van der Waals surface area contributed by atoms with E-state index in [0.717, 1.165) is 0 Å². The lowest BCUT2D eigenvalue weighted by atomic mass is 10.0. The van der Waals surface area contributed by atoms with Gasteiger partial charge < -0.3 is 14.7 Å². The van der Waals surface area contributed by atoms with Crippen LogP contribution in [0.25, 0.3) is 0 Å². The maximum Gasteiger partial charge on any atom is 0.255 e. The molecule has 2 fully saturated rings. The number of hydrogen-bond donors (Lipinski definition) is 1. The van der Waals surface area contributed by atoms with Gasteiger partial charge in [-0.05, 0) is 24.5 Å². The summed E-state index contributed by atoms with van der Waals surface area (Å²) < 4.78 is 14.4. The Kier molecular flexibility index (Phi) is 5.68. The standard InChI is InChI=1S/C22H27FN4O4/c1-13(2)9-20(29)26-7-5-25(6-8-26)18-11-14(23)10-15-16(18)12-27(22(15)31)17-3-4-19(28)24-21(17)30/h10-11,13,17H,3-9,12H2,1-2H3,(H,24,28,30). The molecule has 1 aromatic carbocycles. The van der Waals surface area contributed by atoms with E-state index in [-0.39, 0.29) is 36.8 Å². The number of anilines is 1. The third kappa shape index (κ3) is 4.13. The smallest absolute Gasteiger partial charge is 0.255 e. The van der Waals surface area contributed by atoms with Crippen LogP contribution in [0.4, 0.5) is 10.1 Å². The molecule has 3 aliphatic rings. The number of amides is 4. The maximum absolute atomic E-state index is 14.4. The fraction of sp³-hybridized carbons (Fsp3) is 0.545. The normalized spacial score (nSPS) is 21.6. The summed E-state index contributed by atoms with van der Waals surface area (Å²) >= 11 is 0. The third-order valence-electron chi connectivity index (χ3n) is 6.15. The molecule has 8 nitrogen and oxygen atoms in total. The number of piperidine rings is 1. The Morgan fingerprint density at radius 2 is 1.87 bits per heavy atom. The first-order valence-electron chi connectivity index (χ1n) is 10.7. The number of halogens is 1. The highest BCUT2D eigenvalue weighted by molar-refractivity contribution is 6.06. The van der Waals surface area contributed by atoms with Crippen LogP contribution < -0.4 is 10.2 Å². The second kappa shape index (κ2) is 8.28. The maximum atomic E-state index is 14.4.